The second kappa shape index (κ2) is 12.7. The van der Waals surface area contributed by atoms with Gasteiger partial charge < -0.3 is 21.5 Å². The maximum absolute atomic E-state index is 12.6. The highest BCUT2D eigenvalue weighted by molar-refractivity contribution is 7.86. The van der Waals surface area contributed by atoms with Crippen LogP contribution in [0.3, 0.4) is 0 Å². The van der Waals surface area contributed by atoms with Crippen molar-refractivity contribution in [1.29, 1.82) is 0 Å². The molecule has 0 saturated heterocycles. The van der Waals surface area contributed by atoms with Crippen LogP contribution < -0.4 is 16.4 Å². The van der Waals surface area contributed by atoms with Gasteiger partial charge in [0.2, 0.25) is 0 Å². The van der Waals surface area contributed by atoms with E-state index in [1.807, 2.05) is 0 Å². The molecule has 13 nitrogen and oxygen atoms in total. The van der Waals surface area contributed by atoms with Gasteiger partial charge in [0.05, 0.1) is 11.4 Å². The van der Waals surface area contributed by atoms with Crippen LogP contribution in [0.2, 0.25) is 0 Å². The second-order valence-electron chi connectivity index (χ2n) is 10.7. The highest BCUT2D eigenvalue weighted by Gasteiger charge is 2.39. The van der Waals surface area contributed by atoms with Gasteiger partial charge in [-0.3, -0.25) is 13.7 Å². The highest BCUT2D eigenvalue weighted by Crippen LogP contribution is 2.42. The third-order valence-electron chi connectivity index (χ3n) is 7.53. The van der Waals surface area contributed by atoms with E-state index in [4.69, 9.17) is 5.73 Å². The average molecular weight is 712 g/mol. The van der Waals surface area contributed by atoms with E-state index in [1.54, 1.807) is 19.1 Å². The fourth-order valence-electron chi connectivity index (χ4n) is 5.17. The predicted octanol–water partition coefficient (Wildman–Crippen LogP) is 5.09. The van der Waals surface area contributed by atoms with Crippen LogP contribution >= 0.6 is 0 Å². The van der Waals surface area contributed by atoms with Gasteiger partial charge in [-0.2, -0.15) is 25.3 Å². The first-order valence-corrected chi connectivity index (χ1v) is 18.2. The monoisotopic (exact) mass is 711 g/mol. The van der Waals surface area contributed by atoms with Crippen molar-refractivity contribution in [3.63, 3.8) is 0 Å². The fraction of sp³-hybridized carbons (Fsp3) is 0.0625. The molecule has 0 aromatic heterocycles. The molecule has 0 saturated carbocycles. The Kier molecular flexibility index (Phi) is 9.11. The first-order valence-electron chi connectivity index (χ1n) is 13.9. The maximum Gasteiger partial charge on any atom is 0.296 e. The summed E-state index contributed by atoms with van der Waals surface area (Å²) in [5.41, 5.74) is 5.04. The molecule has 0 bridgehead atoms. The Labute approximate surface area is 277 Å². The van der Waals surface area contributed by atoms with Crippen molar-refractivity contribution < 1.29 is 44.0 Å². The van der Waals surface area contributed by atoms with E-state index >= 15 is 0 Å². The summed E-state index contributed by atoms with van der Waals surface area (Å²) < 4.78 is 102. The van der Waals surface area contributed by atoms with Gasteiger partial charge in [-0.05, 0) is 84.3 Å². The average Bonchev–Trinajstić information content (AvgIpc) is 3.01. The normalized spacial score (nSPS) is 12.4. The minimum Gasteiger partial charge on any atom is -0.398 e. The van der Waals surface area contributed by atoms with E-state index in [0.717, 1.165) is 6.07 Å². The van der Waals surface area contributed by atoms with Crippen molar-refractivity contribution in [2.24, 2.45) is 0 Å². The van der Waals surface area contributed by atoms with Gasteiger partial charge in [-0.25, -0.2) is 0 Å². The summed E-state index contributed by atoms with van der Waals surface area (Å²) in [4.78, 5) is -1.39. The third kappa shape index (κ3) is 7.04. The van der Waals surface area contributed by atoms with Crippen LogP contribution in [0.1, 0.15) is 22.3 Å². The standard InChI is InChI=1S/C32H29N3O10S3/c1-20-18-25(31(19-26(20)33)48(43,44)45)32(36,21-10-14-23(15-11-21)34-27-6-2-4-8-29(27)46(37,38)39)22-12-16-24(17-13-22)35-28-7-3-5-9-30(28)47(40,41)42/h2-19,34-36H,33H2,1H3,(H,37,38,39)(H,40,41,42)(H,43,44,45). The quantitative estimate of drug-likeness (QED) is 0.0569. The van der Waals surface area contributed by atoms with Crippen LogP contribution in [0.4, 0.5) is 28.4 Å². The van der Waals surface area contributed by atoms with Gasteiger partial charge in [-0.15, -0.1) is 0 Å². The van der Waals surface area contributed by atoms with Gasteiger partial charge in [0.15, 0.2) is 0 Å². The lowest BCUT2D eigenvalue weighted by Crippen LogP contribution is -2.31. The number of nitrogens with one attached hydrogen (secondary N) is 2. The molecule has 0 aliphatic carbocycles. The van der Waals surface area contributed by atoms with Crippen molar-refractivity contribution >= 4 is 58.8 Å². The van der Waals surface area contributed by atoms with Crippen LogP contribution in [-0.4, -0.2) is 44.0 Å². The van der Waals surface area contributed by atoms with E-state index < -0.39 is 40.9 Å². The summed E-state index contributed by atoms with van der Waals surface area (Å²) in [5.74, 6) is 0. The molecule has 0 fully saturated rings. The number of nitrogen functional groups attached to an aromatic ring is 1. The van der Waals surface area contributed by atoms with Gasteiger partial charge in [0.1, 0.15) is 20.3 Å². The summed E-state index contributed by atoms with van der Waals surface area (Å²) in [6.07, 6.45) is 0. The van der Waals surface area contributed by atoms with Crippen LogP contribution in [0.15, 0.2) is 124 Å². The number of para-hydroxylation sites is 2. The first-order chi connectivity index (χ1) is 22.4. The van der Waals surface area contributed by atoms with Gasteiger partial charge in [0.25, 0.3) is 30.4 Å². The molecular weight excluding hydrogens is 683 g/mol. The summed E-state index contributed by atoms with van der Waals surface area (Å²) in [5, 5.41) is 18.4. The molecule has 0 aliphatic rings. The smallest absolute Gasteiger partial charge is 0.296 e. The molecule has 0 aliphatic heterocycles. The molecule has 5 aromatic rings. The molecule has 5 aromatic carbocycles. The lowest BCUT2D eigenvalue weighted by molar-refractivity contribution is 0.122. The molecular formula is C32H29N3O10S3. The van der Waals surface area contributed by atoms with E-state index in [2.05, 4.69) is 10.6 Å². The van der Waals surface area contributed by atoms with Crippen molar-refractivity contribution in [3.8, 4) is 0 Å². The molecule has 0 spiro atoms. The largest absolute Gasteiger partial charge is 0.398 e. The number of aliphatic hydroxyl groups is 1. The fourth-order valence-corrected chi connectivity index (χ4v) is 7.22. The summed E-state index contributed by atoms with van der Waals surface area (Å²) in [7, 11) is -14.0. The Bertz CT molecular complexity index is 2230. The third-order valence-corrected chi connectivity index (χ3v) is 10.2. The first kappa shape index (κ1) is 34.5. The summed E-state index contributed by atoms with van der Waals surface area (Å²) in [6.45, 7) is 1.59. The number of aryl methyl sites for hydroxylation is 1. The van der Waals surface area contributed by atoms with Crippen molar-refractivity contribution in [3.05, 3.63) is 131 Å². The molecule has 0 amide bonds. The highest BCUT2D eigenvalue weighted by atomic mass is 32.2. The zero-order valence-corrected chi connectivity index (χ0v) is 27.4. The molecule has 250 valence electrons. The molecule has 48 heavy (non-hydrogen) atoms. The lowest BCUT2D eigenvalue weighted by atomic mass is 9.79. The molecule has 8 N–H and O–H groups in total. The number of rotatable bonds is 10. The molecule has 0 heterocycles. The minimum atomic E-state index is -4.93. The maximum atomic E-state index is 12.6. The van der Waals surface area contributed by atoms with Gasteiger partial charge >= 0.3 is 0 Å². The van der Waals surface area contributed by atoms with E-state index in [1.165, 1.54) is 91.0 Å². The molecule has 5 rings (SSSR count). The number of hydrogen-bond acceptors (Lipinski definition) is 10. The molecule has 0 radical (unpaired) electrons. The Balaban J connectivity index is 1.63. The Morgan fingerprint density at radius 3 is 1.31 bits per heavy atom. The van der Waals surface area contributed by atoms with E-state index in [9.17, 15) is 44.0 Å². The summed E-state index contributed by atoms with van der Waals surface area (Å²) in [6, 6.07) is 25.4. The van der Waals surface area contributed by atoms with Gasteiger partial charge in [-0.1, -0.05) is 48.5 Å². The summed E-state index contributed by atoms with van der Waals surface area (Å²) >= 11 is 0. The Morgan fingerprint density at radius 1 is 0.562 bits per heavy atom. The van der Waals surface area contributed by atoms with Crippen molar-refractivity contribution in [2.45, 2.75) is 27.2 Å². The van der Waals surface area contributed by atoms with Crippen LogP contribution in [0.25, 0.3) is 0 Å². The Hall–Kier alpha value is -4.81. The molecule has 16 heteroatoms. The number of anilines is 5. The SMILES string of the molecule is Cc1cc(C(O)(c2ccc(Nc3ccccc3S(=O)(=O)O)cc2)c2ccc(Nc3ccccc3S(=O)(=O)O)cc2)c(S(=O)(=O)O)cc1N. The minimum absolute atomic E-state index is 0.0443. The lowest BCUT2D eigenvalue weighted by Gasteiger charge is -2.32. The topological polar surface area (TPSA) is 233 Å². The number of benzene rings is 5. The van der Waals surface area contributed by atoms with Crippen LogP contribution in [0.5, 0.6) is 0 Å². The van der Waals surface area contributed by atoms with Crippen molar-refractivity contribution in [2.75, 3.05) is 16.4 Å². The number of nitrogens with two attached hydrogens (primary N) is 1. The van der Waals surface area contributed by atoms with E-state index in [0.29, 0.717) is 16.9 Å². The Morgan fingerprint density at radius 2 is 0.938 bits per heavy atom. The number of hydrogen-bond donors (Lipinski definition) is 7. The zero-order chi connectivity index (χ0) is 35.1. The molecule has 0 unspecified atom stereocenters. The zero-order valence-electron chi connectivity index (χ0n) is 24.9. The predicted molar refractivity (Wildman–Crippen MR) is 179 cm³/mol. The van der Waals surface area contributed by atoms with E-state index in [-0.39, 0.29) is 43.5 Å². The van der Waals surface area contributed by atoms with Crippen molar-refractivity contribution in [1.82, 2.24) is 0 Å². The molecule has 0 atom stereocenters. The van der Waals surface area contributed by atoms with Crippen LogP contribution in [-0.2, 0) is 36.0 Å². The van der Waals surface area contributed by atoms with Gasteiger partial charge in [0, 0.05) is 22.6 Å². The van der Waals surface area contributed by atoms with Crippen LogP contribution in [0, 0.1) is 6.92 Å². The second-order valence-corrected chi connectivity index (χ2v) is 14.9.